The molecule has 2 saturated carbocycles. The van der Waals surface area contributed by atoms with E-state index in [4.69, 9.17) is 4.74 Å². The van der Waals surface area contributed by atoms with E-state index in [1.165, 1.54) is 17.2 Å². The second-order valence-corrected chi connectivity index (χ2v) is 13.2. The molecule has 0 spiro atoms. The second-order valence-electron chi connectivity index (χ2n) is 11.1. The number of rotatable bonds is 8. The molecule has 1 amide bonds. The fourth-order valence-corrected chi connectivity index (χ4v) is 6.28. The monoisotopic (exact) mass is 639 g/mol. The molecular weight excluding hydrogens is 615 g/mol. The van der Waals surface area contributed by atoms with Gasteiger partial charge in [0.05, 0.1) is 28.7 Å². The Bertz CT molecular complexity index is 1550. The summed E-state index contributed by atoms with van der Waals surface area (Å²) in [5, 5.41) is -1.27. The van der Waals surface area contributed by atoms with Crippen molar-refractivity contribution in [3.8, 4) is 5.75 Å². The zero-order chi connectivity index (χ0) is 31.5. The number of ether oxygens (including phenoxy) is 1. The Morgan fingerprint density at radius 2 is 1.74 bits per heavy atom. The van der Waals surface area contributed by atoms with Gasteiger partial charge < -0.3 is 14.5 Å². The standard InChI is InChI=1S/C26H24F7N3O6S/c1-24(11-35(12-24)20-6-7-34-10-18(20)25(28,29)30)13-41-21-9-19(27)17(8-16(21)14-2-3-14)22(37)36(42-23(38)26(31,32)33)43(39,40)15-4-5-15/h6-10,14-15H,2-5,11-13H2,1H3. The van der Waals surface area contributed by atoms with Crippen LogP contribution in [0.5, 0.6) is 5.75 Å². The van der Waals surface area contributed by atoms with Crippen LogP contribution < -0.4 is 9.64 Å². The summed E-state index contributed by atoms with van der Waals surface area (Å²) in [6, 6.07) is 3.00. The minimum absolute atomic E-state index is 0.00708. The number of hydrogen-bond donors (Lipinski definition) is 0. The maximum absolute atomic E-state index is 15.3. The van der Waals surface area contributed by atoms with Gasteiger partial charge in [-0.15, -0.1) is 0 Å². The first-order chi connectivity index (χ1) is 19.9. The molecule has 2 aliphatic carbocycles. The van der Waals surface area contributed by atoms with E-state index in [0.717, 1.165) is 18.3 Å². The highest BCUT2D eigenvalue weighted by atomic mass is 32.2. The fraction of sp³-hybridized carbons (Fsp3) is 0.500. The Morgan fingerprint density at radius 3 is 2.30 bits per heavy atom. The Balaban J connectivity index is 1.35. The lowest BCUT2D eigenvalue weighted by atomic mass is 9.82. The summed E-state index contributed by atoms with van der Waals surface area (Å²) in [5.74, 6) is -6.36. The van der Waals surface area contributed by atoms with Crippen molar-refractivity contribution < 1.29 is 58.3 Å². The number of amides is 1. The number of pyridine rings is 1. The van der Waals surface area contributed by atoms with E-state index in [1.807, 2.05) is 0 Å². The van der Waals surface area contributed by atoms with Crippen LogP contribution in [0.2, 0.25) is 0 Å². The van der Waals surface area contributed by atoms with Gasteiger partial charge in [0.15, 0.2) is 0 Å². The molecule has 0 radical (unpaired) electrons. The molecule has 5 rings (SSSR count). The highest BCUT2D eigenvalue weighted by Gasteiger charge is 2.50. The van der Waals surface area contributed by atoms with Gasteiger partial charge in [-0.3, -0.25) is 9.78 Å². The fourth-order valence-electron chi connectivity index (χ4n) is 4.78. The first-order valence-electron chi connectivity index (χ1n) is 13.0. The van der Waals surface area contributed by atoms with E-state index in [9.17, 15) is 44.3 Å². The molecule has 0 N–H and O–H groups in total. The van der Waals surface area contributed by atoms with E-state index >= 15 is 4.39 Å². The molecule has 0 bridgehead atoms. The molecule has 1 aromatic carbocycles. The first-order valence-corrected chi connectivity index (χ1v) is 14.5. The lowest BCUT2D eigenvalue weighted by Crippen LogP contribution is -2.58. The van der Waals surface area contributed by atoms with E-state index in [-0.39, 0.29) is 55.5 Å². The summed E-state index contributed by atoms with van der Waals surface area (Å²) in [5.41, 5.74) is -2.26. The van der Waals surface area contributed by atoms with Crippen LogP contribution in [0.15, 0.2) is 30.6 Å². The lowest BCUT2D eigenvalue weighted by Gasteiger charge is -2.49. The van der Waals surface area contributed by atoms with Gasteiger partial charge in [0.1, 0.15) is 11.6 Å². The average Bonchev–Trinajstić information content (AvgIpc) is 3.80. The van der Waals surface area contributed by atoms with Gasteiger partial charge >= 0.3 is 24.2 Å². The summed E-state index contributed by atoms with van der Waals surface area (Å²) in [7, 11) is -4.88. The number of alkyl halides is 6. The largest absolute Gasteiger partial charge is 0.493 e. The average molecular weight is 640 g/mol. The van der Waals surface area contributed by atoms with Crippen LogP contribution in [0.25, 0.3) is 0 Å². The Labute approximate surface area is 240 Å². The number of anilines is 1. The topological polar surface area (TPSA) is 106 Å². The van der Waals surface area contributed by atoms with Gasteiger partial charge in [-0.05, 0) is 49.3 Å². The van der Waals surface area contributed by atoms with Crippen LogP contribution in [0.1, 0.15) is 60.0 Å². The van der Waals surface area contributed by atoms with Crippen molar-refractivity contribution in [1.29, 1.82) is 0 Å². The van der Waals surface area contributed by atoms with Crippen molar-refractivity contribution in [3.63, 3.8) is 0 Å². The number of benzene rings is 1. The van der Waals surface area contributed by atoms with Gasteiger partial charge in [0, 0.05) is 37.0 Å². The Hall–Kier alpha value is -3.63. The van der Waals surface area contributed by atoms with Crippen LogP contribution in [-0.2, 0) is 25.8 Å². The normalized spacial score (nSPS) is 18.6. The summed E-state index contributed by atoms with van der Waals surface area (Å²) >= 11 is 0. The van der Waals surface area contributed by atoms with Gasteiger partial charge in [0.2, 0.25) is 0 Å². The van der Waals surface area contributed by atoms with E-state index < -0.39 is 66.3 Å². The molecule has 2 heterocycles. The minimum atomic E-state index is -5.63. The Kier molecular flexibility index (Phi) is 7.54. The van der Waals surface area contributed by atoms with Crippen LogP contribution in [0.3, 0.4) is 0 Å². The maximum atomic E-state index is 15.3. The summed E-state index contributed by atoms with van der Waals surface area (Å²) in [4.78, 5) is 33.5. The van der Waals surface area contributed by atoms with Crippen molar-refractivity contribution in [2.24, 2.45) is 5.41 Å². The molecule has 3 aliphatic rings. The summed E-state index contributed by atoms with van der Waals surface area (Å²) in [6.07, 6.45) is -7.07. The number of hydrogen-bond acceptors (Lipinski definition) is 8. The van der Waals surface area contributed by atoms with Crippen LogP contribution in [-0.4, -0.2) is 60.9 Å². The van der Waals surface area contributed by atoms with Gasteiger partial charge in [-0.1, -0.05) is 11.4 Å². The lowest BCUT2D eigenvalue weighted by molar-refractivity contribution is -0.217. The molecule has 1 aromatic heterocycles. The van der Waals surface area contributed by atoms with Crippen LogP contribution >= 0.6 is 0 Å². The van der Waals surface area contributed by atoms with Crippen molar-refractivity contribution in [2.45, 2.75) is 56.1 Å². The van der Waals surface area contributed by atoms with Crippen molar-refractivity contribution >= 4 is 27.6 Å². The molecule has 3 fully saturated rings. The molecule has 1 saturated heterocycles. The molecular formula is C26H24F7N3O6S. The van der Waals surface area contributed by atoms with E-state index in [2.05, 4.69) is 9.82 Å². The third-order valence-electron chi connectivity index (χ3n) is 7.25. The molecule has 234 valence electrons. The molecule has 43 heavy (non-hydrogen) atoms. The van der Waals surface area contributed by atoms with Crippen molar-refractivity contribution in [1.82, 2.24) is 9.45 Å². The maximum Gasteiger partial charge on any atom is 0.493 e. The number of sulfonamides is 1. The van der Waals surface area contributed by atoms with Gasteiger partial charge in [-0.2, -0.15) is 26.3 Å². The highest BCUT2D eigenvalue weighted by molar-refractivity contribution is 7.90. The molecule has 2 aromatic rings. The minimum Gasteiger partial charge on any atom is -0.492 e. The molecule has 0 atom stereocenters. The van der Waals surface area contributed by atoms with Crippen LogP contribution in [0.4, 0.5) is 36.4 Å². The predicted octanol–water partition coefficient (Wildman–Crippen LogP) is 4.98. The number of hydroxylamine groups is 1. The number of carbonyl (C=O) groups is 2. The third-order valence-corrected chi connectivity index (χ3v) is 9.27. The highest BCUT2D eigenvalue weighted by Crippen LogP contribution is 2.47. The van der Waals surface area contributed by atoms with Gasteiger partial charge in [0.25, 0.3) is 10.0 Å². The first kappa shape index (κ1) is 30.8. The number of nitrogens with zero attached hydrogens (tertiary/aromatic N) is 3. The zero-order valence-corrected chi connectivity index (χ0v) is 23.2. The quantitative estimate of drug-likeness (QED) is 0.295. The van der Waals surface area contributed by atoms with E-state index in [1.54, 1.807) is 6.92 Å². The predicted molar refractivity (Wildman–Crippen MR) is 134 cm³/mol. The number of halogens is 7. The Morgan fingerprint density at radius 1 is 1.09 bits per heavy atom. The summed E-state index contributed by atoms with van der Waals surface area (Å²) in [6.45, 7) is 2.01. The number of carbonyl (C=O) groups excluding carboxylic acids is 2. The molecule has 1 aliphatic heterocycles. The summed E-state index contributed by atoms with van der Waals surface area (Å²) < 4.78 is 124. The number of aromatic nitrogens is 1. The third kappa shape index (κ3) is 6.35. The van der Waals surface area contributed by atoms with Crippen molar-refractivity contribution in [3.05, 3.63) is 53.1 Å². The van der Waals surface area contributed by atoms with E-state index in [0.29, 0.717) is 12.8 Å². The van der Waals surface area contributed by atoms with Crippen molar-refractivity contribution in [2.75, 3.05) is 24.6 Å². The van der Waals surface area contributed by atoms with Gasteiger partial charge in [-0.25, -0.2) is 17.6 Å². The second kappa shape index (κ2) is 10.5. The van der Waals surface area contributed by atoms with Crippen LogP contribution in [0, 0.1) is 11.2 Å². The zero-order valence-electron chi connectivity index (χ0n) is 22.3. The molecule has 9 nitrogen and oxygen atoms in total. The SMILES string of the molecule is CC1(COc2cc(F)c(C(=O)N(OC(=O)C(F)(F)F)S(=O)(=O)C3CC3)cc2C2CC2)CN(c2ccncc2C(F)(F)F)C1. The smallest absolute Gasteiger partial charge is 0.492 e. The molecule has 0 unspecified atom stereocenters. The molecule has 17 heteroatoms.